The van der Waals surface area contributed by atoms with Crippen LogP contribution in [-0.4, -0.2) is 11.3 Å². The highest BCUT2D eigenvalue weighted by atomic mass is 19.4. The molecule has 0 unspecified atom stereocenters. The van der Waals surface area contributed by atoms with E-state index in [4.69, 9.17) is 0 Å². The number of alkyl halides is 3. The van der Waals surface area contributed by atoms with Gasteiger partial charge in [-0.25, -0.2) is 8.78 Å². The Morgan fingerprint density at radius 1 is 1.19 bits per heavy atom. The number of nitro benzene ring substituents is 1. The largest absolute Gasteiger partial charge is 0.573 e. The average Bonchev–Trinajstić information content (AvgIpc) is 2.07. The normalized spacial score (nSPS) is 11.3. The van der Waals surface area contributed by atoms with E-state index in [0.29, 0.717) is 0 Å². The molecule has 16 heavy (non-hydrogen) atoms. The third-order valence-corrected chi connectivity index (χ3v) is 1.42. The van der Waals surface area contributed by atoms with Gasteiger partial charge in [0.25, 0.3) is 0 Å². The maximum absolute atomic E-state index is 12.6. The van der Waals surface area contributed by atoms with Crippen LogP contribution in [0.3, 0.4) is 0 Å². The standard InChI is InChI=1S/C7H2F5NO3/c8-3-1-5(13(14)15)6(2-4(3)9)16-7(10,11)12/h1-2H. The number of hydrogen-bond donors (Lipinski definition) is 0. The van der Waals surface area contributed by atoms with Crippen molar-refractivity contribution in [3.63, 3.8) is 0 Å². The zero-order valence-corrected chi connectivity index (χ0v) is 7.22. The van der Waals surface area contributed by atoms with Gasteiger partial charge in [-0.15, -0.1) is 13.2 Å². The summed E-state index contributed by atoms with van der Waals surface area (Å²) in [6.45, 7) is 0. The van der Waals surface area contributed by atoms with Gasteiger partial charge in [-0.1, -0.05) is 0 Å². The second kappa shape index (κ2) is 3.91. The second-order valence-electron chi connectivity index (χ2n) is 2.54. The average molecular weight is 243 g/mol. The van der Waals surface area contributed by atoms with Crippen molar-refractivity contribution in [3.8, 4) is 5.75 Å². The molecule has 0 amide bonds. The van der Waals surface area contributed by atoms with E-state index in [9.17, 15) is 32.1 Å². The van der Waals surface area contributed by atoms with E-state index in [1.54, 1.807) is 0 Å². The van der Waals surface area contributed by atoms with Crippen LogP contribution in [0.4, 0.5) is 27.6 Å². The number of benzene rings is 1. The first kappa shape index (κ1) is 12.1. The molecule has 0 bridgehead atoms. The number of nitrogens with zero attached hydrogens (tertiary/aromatic N) is 1. The monoisotopic (exact) mass is 243 g/mol. The fourth-order valence-corrected chi connectivity index (χ4v) is 0.867. The van der Waals surface area contributed by atoms with E-state index in [2.05, 4.69) is 4.74 Å². The number of rotatable bonds is 2. The lowest BCUT2D eigenvalue weighted by Crippen LogP contribution is -2.18. The smallest absolute Gasteiger partial charge is 0.398 e. The number of ether oxygens (including phenoxy) is 1. The van der Waals surface area contributed by atoms with Crippen molar-refractivity contribution in [2.75, 3.05) is 0 Å². The molecule has 0 aliphatic carbocycles. The lowest BCUT2D eigenvalue weighted by atomic mass is 10.3. The second-order valence-corrected chi connectivity index (χ2v) is 2.54. The maximum atomic E-state index is 12.6. The van der Waals surface area contributed by atoms with E-state index in [1.165, 1.54) is 0 Å². The van der Waals surface area contributed by atoms with Gasteiger partial charge < -0.3 is 4.74 Å². The summed E-state index contributed by atoms with van der Waals surface area (Å²) in [5.74, 6) is -4.72. The summed E-state index contributed by atoms with van der Waals surface area (Å²) in [5, 5.41) is 10.2. The SMILES string of the molecule is O=[N+]([O-])c1cc(F)c(F)cc1OC(F)(F)F. The summed E-state index contributed by atoms with van der Waals surface area (Å²) in [6.07, 6.45) is -5.23. The fraction of sp³-hybridized carbons (Fsp3) is 0.143. The topological polar surface area (TPSA) is 52.4 Å². The van der Waals surface area contributed by atoms with Crippen LogP contribution in [0.2, 0.25) is 0 Å². The minimum absolute atomic E-state index is 0.0103. The van der Waals surface area contributed by atoms with Gasteiger partial charge >= 0.3 is 12.0 Å². The Morgan fingerprint density at radius 3 is 2.12 bits per heavy atom. The predicted molar refractivity (Wildman–Crippen MR) is 39.7 cm³/mol. The molecule has 4 nitrogen and oxygen atoms in total. The molecule has 1 rings (SSSR count). The van der Waals surface area contributed by atoms with Crippen molar-refractivity contribution >= 4 is 5.69 Å². The molecule has 1 aromatic rings. The third-order valence-electron chi connectivity index (χ3n) is 1.42. The summed E-state index contributed by atoms with van der Waals surface area (Å²) >= 11 is 0. The van der Waals surface area contributed by atoms with Crippen LogP contribution < -0.4 is 4.74 Å². The summed E-state index contributed by atoms with van der Waals surface area (Å²) in [5.41, 5.74) is -1.31. The summed E-state index contributed by atoms with van der Waals surface area (Å²) in [4.78, 5) is 8.92. The Balaban J connectivity index is 3.25. The van der Waals surface area contributed by atoms with Crippen molar-refractivity contribution in [2.24, 2.45) is 0 Å². The first-order chi connectivity index (χ1) is 7.20. The molecule has 0 atom stereocenters. The van der Waals surface area contributed by atoms with Gasteiger partial charge in [-0.2, -0.15) is 0 Å². The highest BCUT2D eigenvalue weighted by Gasteiger charge is 2.35. The molecule has 0 fully saturated rings. The Labute approximate surface area is 84.4 Å². The molecule has 0 spiro atoms. The first-order valence-electron chi connectivity index (χ1n) is 3.60. The third kappa shape index (κ3) is 2.78. The number of nitro groups is 1. The van der Waals surface area contributed by atoms with Gasteiger partial charge in [-0.3, -0.25) is 10.1 Å². The molecule has 0 aliphatic heterocycles. The lowest BCUT2D eigenvalue weighted by Gasteiger charge is -2.09. The fourth-order valence-electron chi connectivity index (χ4n) is 0.867. The predicted octanol–water partition coefficient (Wildman–Crippen LogP) is 2.77. The van der Waals surface area contributed by atoms with E-state index >= 15 is 0 Å². The van der Waals surface area contributed by atoms with E-state index < -0.39 is 34.4 Å². The quantitative estimate of drug-likeness (QED) is 0.456. The Kier molecular flexibility index (Phi) is 2.97. The lowest BCUT2D eigenvalue weighted by molar-refractivity contribution is -0.388. The van der Waals surface area contributed by atoms with Crippen LogP contribution in [-0.2, 0) is 0 Å². The first-order valence-corrected chi connectivity index (χ1v) is 3.60. The minimum atomic E-state index is -5.23. The van der Waals surface area contributed by atoms with Gasteiger partial charge in [0.15, 0.2) is 11.6 Å². The Hall–Kier alpha value is -1.93. The molecule has 1 aromatic carbocycles. The summed E-state index contributed by atoms with van der Waals surface area (Å²) in [7, 11) is 0. The number of hydrogen-bond acceptors (Lipinski definition) is 3. The van der Waals surface area contributed by atoms with Crippen molar-refractivity contribution in [1.29, 1.82) is 0 Å². The highest BCUT2D eigenvalue weighted by Crippen LogP contribution is 2.33. The Bertz CT molecular complexity index is 431. The van der Waals surface area contributed by atoms with E-state index in [0.717, 1.165) is 0 Å². The van der Waals surface area contributed by atoms with Crippen molar-refractivity contribution < 1.29 is 31.6 Å². The van der Waals surface area contributed by atoms with Crippen molar-refractivity contribution in [2.45, 2.75) is 6.36 Å². The van der Waals surface area contributed by atoms with Crippen LogP contribution in [0.15, 0.2) is 12.1 Å². The van der Waals surface area contributed by atoms with Gasteiger partial charge in [0, 0.05) is 6.07 Å². The zero-order valence-electron chi connectivity index (χ0n) is 7.22. The summed E-state index contributed by atoms with van der Waals surface area (Å²) in [6, 6.07) is -0.0304. The van der Waals surface area contributed by atoms with Gasteiger partial charge in [0.1, 0.15) is 0 Å². The molecule has 9 heteroatoms. The van der Waals surface area contributed by atoms with E-state index in [-0.39, 0.29) is 12.1 Å². The van der Waals surface area contributed by atoms with Gasteiger partial charge in [-0.05, 0) is 0 Å². The van der Waals surface area contributed by atoms with Crippen molar-refractivity contribution in [3.05, 3.63) is 33.9 Å². The van der Waals surface area contributed by atoms with Crippen LogP contribution in [0.25, 0.3) is 0 Å². The maximum Gasteiger partial charge on any atom is 0.573 e. The summed E-state index contributed by atoms with van der Waals surface area (Å²) < 4.78 is 63.5. The van der Waals surface area contributed by atoms with Crippen molar-refractivity contribution in [1.82, 2.24) is 0 Å². The minimum Gasteiger partial charge on any atom is -0.398 e. The van der Waals surface area contributed by atoms with Crippen LogP contribution >= 0.6 is 0 Å². The Morgan fingerprint density at radius 2 is 1.69 bits per heavy atom. The molecular weight excluding hydrogens is 241 g/mol. The molecule has 0 radical (unpaired) electrons. The van der Waals surface area contributed by atoms with Gasteiger partial charge in [0.2, 0.25) is 5.75 Å². The molecule has 88 valence electrons. The van der Waals surface area contributed by atoms with Gasteiger partial charge in [0.05, 0.1) is 11.0 Å². The van der Waals surface area contributed by atoms with E-state index in [1.807, 2.05) is 0 Å². The van der Waals surface area contributed by atoms with Crippen LogP contribution in [0.1, 0.15) is 0 Å². The molecule has 0 N–H and O–H groups in total. The van der Waals surface area contributed by atoms with Crippen LogP contribution in [0.5, 0.6) is 5.75 Å². The highest BCUT2D eigenvalue weighted by molar-refractivity contribution is 5.46. The molecule has 0 aliphatic rings. The molecule has 0 saturated carbocycles. The van der Waals surface area contributed by atoms with Crippen LogP contribution in [0, 0.1) is 21.7 Å². The molecule has 0 saturated heterocycles. The molecule has 0 heterocycles. The molecule has 0 aromatic heterocycles. The zero-order chi connectivity index (χ0) is 12.5. The molecular formula is C7H2F5NO3. The number of halogens is 5.